The van der Waals surface area contributed by atoms with E-state index in [1.54, 1.807) is 12.1 Å². The quantitative estimate of drug-likeness (QED) is 0.619. The second-order valence-corrected chi connectivity index (χ2v) is 8.59. The van der Waals surface area contributed by atoms with Crippen molar-refractivity contribution in [3.63, 3.8) is 0 Å². The van der Waals surface area contributed by atoms with Crippen molar-refractivity contribution in [3.05, 3.63) is 63.6 Å². The van der Waals surface area contributed by atoms with E-state index < -0.39 is 0 Å². The summed E-state index contributed by atoms with van der Waals surface area (Å²) in [6, 6.07) is 13.9. The van der Waals surface area contributed by atoms with Crippen LogP contribution < -0.4 is 10.2 Å². The average molecular weight is 419 g/mol. The smallest absolute Gasteiger partial charge is 0.220 e. The molecule has 1 N–H and O–H groups in total. The van der Waals surface area contributed by atoms with Gasteiger partial charge >= 0.3 is 0 Å². The van der Waals surface area contributed by atoms with Gasteiger partial charge in [0.05, 0.1) is 6.04 Å². The van der Waals surface area contributed by atoms with Gasteiger partial charge in [0.1, 0.15) is 0 Å². The third kappa shape index (κ3) is 5.42. The lowest BCUT2D eigenvalue weighted by molar-refractivity contribution is -0.121. The molecular weight excluding hydrogens is 391 g/mol. The van der Waals surface area contributed by atoms with Crippen LogP contribution in [0, 0.1) is 5.92 Å². The molecule has 0 spiro atoms. The van der Waals surface area contributed by atoms with E-state index in [0.29, 0.717) is 22.9 Å². The summed E-state index contributed by atoms with van der Waals surface area (Å²) in [5.41, 5.74) is 3.20. The number of amides is 1. The Bertz CT molecular complexity index is 786. The van der Waals surface area contributed by atoms with Crippen molar-refractivity contribution in [1.82, 2.24) is 5.32 Å². The van der Waals surface area contributed by atoms with Crippen LogP contribution in [0.5, 0.6) is 0 Å². The molecule has 2 aromatic carbocycles. The third-order valence-electron chi connectivity index (χ3n) is 5.46. The Hall–Kier alpha value is -1.71. The van der Waals surface area contributed by atoms with E-state index in [0.717, 1.165) is 30.1 Å². The lowest BCUT2D eigenvalue weighted by atomic mass is 9.99. The predicted octanol–water partition coefficient (Wildman–Crippen LogP) is 6.04. The number of rotatable bonds is 6. The Morgan fingerprint density at radius 2 is 1.86 bits per heavy atom. The van der Waals surface area contributed by atoms with Crippen molar-refractivity contribution < 1.29 is 4.79 Å². The number of benzene rings is 2. The number of carbonyl (C=O) groups is 1. The molecule has 3 nitrogen and oxygen atoms in total. The summed E-state index contributed by atoms with van der Waals surface area (Å²) in [5, 5.41) is 4.29. The summed E-state index contributed by atoms with van der Waals surface area (Å²) in [7, 11) is 0. The lowest BCUT2D eigenvalue weighted by Crippen LogP contribution is -2.34. The molecule has 0 radical (unpaired) electrons. The summed E-state index contributed by atoms with van der Waals surface area (Å²) in [5.74, 6) is 0.746. The maximum Gasteiger partial charge on any atom is 0.220 e. The maximum absolute atomic E-state index is 12.4. The van der Waals surface area contributed by atoms with E-state index in [4.69, 9.17) is 23.2 Å². The zero-order valence-corrected chi connectivity index (χ0v) is 18.1. The summed E-state index contributed by atoms with van der Waals surface area (Å²) in [6.07, 6.45) is 3.46. The summed E-state index contributed by atoms with van der Waals surface area (Å²) < 4.78 is 0. The van der Waals surface area contributed by atoms with E-state index in [-0.39, 0.29) is 11.9 Å². The number of halogens is 2. The zero-order chi connectivity index (χ0) is 20.1. The van der Waals surface area contributed by atoms with Crippen LogP contribution >= 0.6 is 23.2 Å². The van der Waals surface area contributed by atoms with Crippen LogP contribution in [0.1, 0.15) is 50.3 Å². The van der Waals surface area contributed by atoms with E-state index in [1.165, 1.54) is 18.5 Å². The first kappa shape index (κ1) is 21.0. The van der Waals surface area contributed by atoms with Gasteiger partial charge in [0.25, 0.3) is 0 Å². The molecule has 1 aliphatic rings. The molecule has 0 bridgehead atoms. The van der Waals surface area contributed by atoms with Gasteiger partial charge in [-0.05, 0) is 67.5 Å². The molecule has 1 fully saturated rings. The summed E-state index contributed by atoms with van der Waals surface area (Å²) >= 11 is 12.4. The number of nitrogens with zero attached hydrogens (tertiary/aromatic N) is 1. The van der Waals surface area contributed by atoms with Crippen LogP contribution in [-0.2, 0) is 11.2 Å². The highest BCUT2D eigenvalue weighted by Crippen LogP contribution is 2.26. The van der Waals surface area contributed by atoms with Crippen LogP contribution in [0.2, 0.25) is 10.0 Å². The second kappa shape index (κ2) is 9.67. The number of nitrogens with one attached hydrogen (secondary N) is 1. The van der Waals surface area contributed by atoms with Crippen molar-refractivity contribution >= 4 is 34.8 Å². The Balaban J connectivity index is 1.54. The molecule has 2 atom stereocenters. The Kier molecular flexibility index (Phi) is 7.25. The van der Waals surface area contributed by atoms with Gasteiger partial charge in [-0.2, -0.15) is 0 Å². The van der Waals surface area contributed by atoms with Gasteiger partial charge in [-0.3, -0.25) is 4.79 Å². The van der Waals surface area contributed by atoms with E-state index in [2.05, 4.69) is 41.4 Å². The fraction of sp³-hybridized carbons (Fsp3) is 0.435. The van der Waals surface area contributed by atoms with Crippen LogP contribution in [0.4, 0.5) is 5.69 Å². The van der Waals surface area contributed by atoms with Gasteiger partial charge < -0.3 is 10.2 Å². The maximum atomic E-state index is 12.4. The third-order valence-corrected chi connectivity index (χ3v) is 6.16. The molecule has 0 saturated carbocycles. The van der Waals surface area contributed by atoms with Gasteiger partial charge in [-0.1, -0.05) is 48.3 Å². The van der Waals surface area contributed by atoms with Gasteiger partial charge in [-0.25, -0.2) is 0 Å². The molecule has 2 aromatic rings. The lowest BCUT2D eigenvalue weighted by Gasteiger charge is -2.33. The fourth-order valence-electron chi connectivity index (χ4n) is 3.80. The molecule has 0 aromatic heterocycles. The normalized spacial score (nSPS) is 18.0. The molecule has 0 aliphatic carbocycles. The highest BCUT2D eigenvalue weighted by molar-refractivity contribution is 6.36. The number of piperidine rings is 1. The molecule has 3 rings (SSSR count). The zero-order valence-electron chi connectivity index (χ0n) is 16.6. The molecule has 28 heavy (non-hydrogen) atoms. The summed E-state index contributed by atoms with van der Waals surface area (Å²) in [6.45, 7) is 6.57. The van der Waals surface area contributed by atoms with Crippen molar-refractivity contribution in [2.24, 2.45) is 5.92 Å². The molecule has 1 aliphatic heterocycles. The minimum absolute atomic E-state index is 0.00239. The number of hydrogen-bond acceptors (Lipinski definition) is 2. The summed E-state index contributed by atoms with van der Waals surface area (Å²) in [4.78, 5) is 14.8. The largest absolute Gasteiger partial charge is 0.371 e. The molecule has 1 amide bonds. The van der Waals surface area contributed by atoms with Crippen molar-refractivity contribution in [3.8, 4) is 0 Å². The van der Waals surface area contributed by atoms with Crippen molar-refractivity contribution in [2.75, 3.05) is 18.0 Å². The van der Waals surface area contributed by atoms with Crippen LogP contribution in [0.3, 0.4) is 0 Å². The van der Waals surface area contributed by atoms with Crippen LogP contribution in [-0.4, -0.2) is 19.0 Å². The number of anilines is 1. The molecule has 1 saturated heterocycles. The van der Waals surface area contributed by atoms with Crippen LogP contribution in [0.15, 0.2) is 42.5 Å². The van der Waals surface area contributed by atoms with E-state index in [1.807, 2.05) is 13.0 Å². The Labute approximate surface area is 178 Å². The first-order valence-corrected chi connectivity index (χ1v) is 10.8. The first-order valence-electron chi connectivity index (χ1n) is 10.0. The van der Waals surface area contributed by atoms with Gasteiger partial charge in [0.2, 0.25) is 5.91 Å². The van der Waals surface area contributed by atoms with Gasteiger partial charge in [0.15, 0.2) is 0 Å². The van der Waals surface area contributed by atoms with Crippen molar-refractivity contribution in [2.45, 2.75) is 45.6 Å². The SMILES string of the molecule is C[C@H]1CCCN(c2ccc([C@H](C)NC(=O)CCc3c(Cl)cccc3Cl)cc2)C1. The second-order valence-electron chi connectivity index (χ2n) is 7.77. The van der Waals surface area contributed by atoms with Gasteiger partial charge in [-0.15, -0.1) is 0 Å². The number of hydrogen-bond donors (Lipinski definition) is 1. The highest BCUT2D eigenvalue weighted by atomic mass is 35.5. The van der Waals surface area contributed by atoms with Gasteiger partial charge in [0, 0.05) is 35.2 Å². The topological polar surface area (TPSA) is 32.3 Å². The first-order chi connectivity index (χ1) is 13.4. The Morgan fingerprint density at radius 3 is 2.50 bits per heavy atom. The minimum atomic E-state index is -0.0384. The molecule has 150 valence electrons. The molecular formula is C23H28Cl2N2O. The molecule has 5 heteroatoms. The fourth-order valence-corrected chi connectivity index (χ4v) is 4.39. The number of carbonyl (C=O) groups excluding carboxylic acids is 1. The molecule has 1 heterocycles. The standard InChI is InChI=1S/C23H28Cl2N2O/c1-16-5-4-14-27(15-16)19-10-8-18(9-11-19)17(2)26-23(28)13-12-20-21(24)6-3-7-22(20)25/h3,6-11,16-17H,4-5,12-15H2,1-2H3,(H,26,28)/t16-,17-/m0/s1. The monoisotopic (exact) mass is 418 g/mol. The minimum Gasteiger partial charge on any atom is -0.371 e. The molecule has 0 unspecified atom stereocenters. The van der Waals surface area contributed by atoms with E-state index >= 15 is 0 Å². The van der Waals surface area contributed by atoms with E-state index in [9.17, 15) is 4.79 Å². The average Bonchev–Trinajstić information content (AvgIpc) is 2.67. The predicted molar refractivity (Wildman–Crippen MR) is 118 cm³/mol. The highest BCUT2D eigenvalue weighted by Gasteiger charge is 2.17. The van der Waals surface area contributed by atoms with Crippen LogP contribution in [0.25, 0.3) is 0 Å². The Morgan fingerprint density at radius 1 is 1.18 bits per heavy atom. The van der Waals surface area contributed by atoms with Crippen molar-refractivity contribution in [1.29, 1.82) is 0 Å².